The van der Waals surface area contributed by atoms with E-state index >= 15 is 0 Å². The molecule has 1 aliphatic heterocycles. The summed E-state index contributed by atoms with van der Waals surface area (Å²) in [7, 11) is 1.92. The van der Waals surface area contributed by atoms with Crippen LogP contribution >= 0.6 is 0 Å². The predicted octanol–water partition coefficient (Wildman–Crippen LogP) is 6.06. The normalized spacial score (nSPS) is 13.5. The summed E-state index contributed by atoms with van der Waals surface area (Å²) in [5.41, 5.74) is 6.12. The van der Waals surface area contributed by atoms with E-state index in [1.165, 1.54) is 29.2 Å². The summed E-state index contributed by atoms with van der Waals surface area (Å²) in [6.07, 6.45) is 5.22. The Morgan fingerprint density at radius 3 is 2.47 bits per heavy atom. The molecule has 0 unspecified atom stereocenters. The molecule has 162 valence electrons. The van der Waals surface area contributed by atoms with Crippen LogP contribution in [0.1, 0.15) is 50.8 Å². The minimum absolute atomic E-state index is 0.242. The Hall–Kier alpha value is -3.01. The number of fused-ring (bicyclic) bond motifs is 1. The maximum atomic E-state index is 10.4. The number of aryl methyl sites for hydroxylation is 1. The highest BCUT2D eigenvalue weighted by molar-refractivity contribution is 5.74. The number of allylic oxidation sites excluding steroid dienone is 2. The Balaban J connectivity index is 0.000000300. The summed E-state index contributed by atoms with van der Waals surface area (Å²) in [5, 5.41) is 3.05. The van der Waals surface area contributed by atoms with Gasteiger partial charge in [0.25, 0.3) is 0 Å². The molecule has 2 aromatic carbocycles. The lowest BCUT2D eigenvalue weighted by molar-refractivity contribution is -0.142. The third kappa shape index (κ3) is 8.99. The van der Waals surface area contributed by atoms with Gasteiger partial charge in [-0.1, -0.05) is 61.9 Å². The lowest BCUT2D eigenvalue weighted by atomic mass is 9.96. The van der Waals surface area contributed by atoms with Crippen molar-refractivity contribution in [2.45, 2.75) is 47.6 Å². The molecule has 30 heavy (non-hydrogen) atoms. The number of esters is 1. The molecular weight excluding hydrogens is 374 g/mol. The minimum atomic E-state index is -0.242. The molecule has 0 atom stereocenters. The molecule has 0 aliphatic carbocycles. The third-order valence-corrected chi connectivity index (χ3v) is 4.17. The highest BCUT2D eigenvalue weighted by Crippen LogP contribution is 2.34. The minimum Gasteiger partial charge on any atom is -0.493 e. The Kier molecular flexibility index (Phi) is 11.7. The largest absolute Gasteiger partial charge is 0.493 e. The highest BCUT2D eigenvalue weighted by Gasteiger charge is 2.14. The zero-order valence-electron chi connectivity index (χ0n) is 19.1. The lowest BCUT2D eigenvalue weighted by Crippen LogP contribution is -2.08. The standard InChI is InChI=1S/C15H19NO.C9H10O2.C2H6/c1-11-4-5-15-14(9-11)13(6-7-17-15)8-12(2)10-16-3;1-8(10)11-7-9-5-3-2-4-6-9;1-2/h4-5,8-10,16H,6-7H2,1-3H3;2-6H,7H2,1H3;1-2H3/b12-10+,13-8+;;. The fourth-order valence-corrected chi connectivity index (χ4v) is 2.88. The molecule has 1 aliphatic rings. The van der Waals surface area contributed by atoms with E-state index in [1.807, 2.05) is 57.4 Å². The average molecular weight is 410 g/mol. The van der Waals surface area contributed by atoms with Crippen LogP contribution in [0.5, 0.6) is 5.75 Å². The lowest BCUT2D eigenvalue weighted by Gasteiger charge is -2.20. The number of carbonyl (C=O) groups is 1. The Bertz CT molecular complexity index is 839. The first kappa shape index (κ1) is 25.0. The van der Waals surface area contributed by atoms with E-state index in [-0.39, 0.29) is 5.97 Å². The Morgan fingerprint density at radius 1 is 1.13 bits per heavy atom. The van der Waals surface area contributed by atoms with Crippen LogP contribution in [0.4, 0.5) is 0 Å². The fourth-order valence-electron chi connectivity index (χ4n) is 2.88. The van der Waals surface area contributed by atoms with Gasteiger partial charge >= 0.3 is 5.97 Å². The Labute approximate surface area is 181 Å². The van der Waals surface area contributed by atoms with Gasteiger partial charge in [0.2, 0.25) is 0 Å². The topological polar surface area (TPSA) is 47.6 Å². The van der Waals surface area contributed by atoms with Crippen molar-refractivity contribution < 1.29 is 14.3 Å². The molecular formula is C26H35NO3. The first-order chi connectivity index (χ1) is 14.5. The van der Waals surface area contributed by atoms with Crippen LogP contribution in [0.15, 0.2) is 66.4 Å². The van der Waals surface area contributed by atoms with Crippen molar-refractivity contribution in [1.29, 1.82) is 0 Å². The first-order valence-corrected chi connectivity index (χ1v) is 10.5. The molecule has 3 rings (SSSR count). The van der Waals surface area contributed by atoms with Crippen LogP contribution < -0.4 is 10.1 Å². The SMILES string of the molecule is CC.CC(=O)OCc1ccccc1.CN/C=C(C)/C=C1\CCOc2ccc(C)cc21. The van der Waals surface area contributed by atoms with E-state index in [0.717, 1.165) is 24.3 Å². The van der Waals surface area contributed by atoms with Crippen LogP contribution in [0.3, 0.4) is 0 Å². The van der Waals surface area contributed by atoms with Crippen molar-refractivity contribution in [2.75, 3.05) is 13.7 Å². The van der Waals surface area contributed by atoms with E-state index in [1.54, 1.807) is 0 Å². The first-order valence-electron chi connectivity index (χ1n) is 10.5. The van der Waals surface area contributed by atoms with Crippen molar-refractivity contribution in [2.24, 2.45) is 0 Å². The van der Waals surface area contributed by atoms with Gasteiger partial charge in [0.05, 0.1) is 6.61 Å². The molecule has 0 amide bonds. The zero-order valence-corrected chi connectivity index (χ0v) is 19.1. The van der Waals surface area contributed by atoms with Crippen LogP contribution in [-0.4, -0.2) is 19.6 Å². The van der Waals surface area contributed by atoms with Crippen LogP contribution in [0, 0.1) is 6.92 Å². The van der Waals surface area contributed by atoms with E-state index in [2.05, 4.69) is 43.4 Å². The number of carbonyl (C=O) groups excluding carboxylic acids is 1. The molecule has 0 aromatic heterocycles. The molecule has 0 saturated carbocycles. The summed E-state index contributed by atoms with van der Waals surface area (Å²) in [6.45, 7) is 10.8. The second-order valence-corrected chi connectivity index (χ2v) is 6.71. The number of hydrogen-bond acceptors (Lipinski definition) is 4. The monoisotopic (exact) mass is 409 g/mol. The van der Waals surface area contributed by atoms with Gasteiger partial charge < -0.3 is 14.8 Å². The third-order valence-electron chi connectivity index (χ3n) is 4.17. The van der Waals surface area contributed by atoms with E-state index in [4.69, 9.17) is 9.47 Å². The van der Waals surface area contributed by atoms with Crippen molar-refractivity contribution in [3.8, 4) is 5.75 Å². The van der Waals surface area contributed by atoms with Crippen molar-refractivity contribution in [3.63, 3.8) is 0 Å². The van der Waals surface area contributed by atoms with Crippen LogP contribution in [0.25, 0.3) is 5.57 Å². The van der Waals surface area contributed by atoms with Crippen molar-refractivity contribution in [1.82, 2.24) is 5.32 Å². The molecule has 0 bridgehead atoms. The molecule has 1 heterocycles. The molecule has 0 spiro atoms. The van der Waals surface area contributed by atoms with Gasteiger partial charge in [0.1, 0.15) is 12.4 Å². The smallest absolute Gasteiger partial charge is 0.302 e. The number of hydrogen-bond donors (Lipinski definition) is 1. The summed E-state index contributed by atoms with van der Waals surface area (Å²) in [5.74, 6) is 0.763. The van der Waals surface area contributed by atoms with Gasteiger partial charge in [-0.15, -0.1) is 0 Å². The van der Waals surface area contributed by atoms with Gasteiger partial charge in [-0.2, -0.15) is 0 Å². The highest BCUT2D eigenvalue weighted by atomic mass is 16.5. The predicted molar refractivity (Wildman–Crippen MR) is 125 cm³/mol. The molecule has 2 aromatic rings. The number of ether oxygens (including phenoxy) is 2. The molecule has 0 fully saturated rings. The zero-order chi connectivity index (χ0) is 22.4. The number of benzene rings is 2. The van der Waals surface area contributed by atoms with Gasteiger partial charge in [0, 0.05) is 26.0 Å². The van der Waals surface area contributed by atoms with Crippen molar-refractivity contribution >= 4 is 11.5 Å². The van der Waals surface area contributed by atoms with Crippen molar-refractivity contribution in [3.05, 3.63) is 83.1 Å². The quantitative estimate of drug-likeness (QED) is 0.624. The molecule has 1 N–H and O–H groups in total. The second kappa shape index (κ2) is 14.0. The molecule has 0 radical (unpaired) electrons. The van der Waals surface area contributed by atoms with E-state index < -0.39 is 0 Å². The van der Waals surface area contributed by atoms with Gasteiger partial charge in [0.15, 0.2) is 0 Å². The average Bonchev–Trinajstić information content (AvgIpc) is 2.75. The second-order valence-electron chi connectivity index (χ2n) is 6.71. The Morgan fingerprint density at radius 2 is 1.83 bits per heavy atom. The van der Waals surface area contributed by atoms with Crippen LogP contribution in [0.2, 0.25) is 0 Å². The summed E-state index contributed by atoms with van der Waals surface area (Å²) in [4.78, 5) is 10.4. The van der Waals surface area contributed by atoms with E-state index in [9.17, 15) is 4.79 Å². The van der Waals surface area contributed by atoms with E-state index in [0.29, 0.717) is 6.61 Å². The maximum Gasteiger partial charge on any atom is 0.302 e. The molecule has 0 saturated heterocycles. The summed E-state index contributed by atoms with van der Waals surface area (Å²) >= 11 is 0. The number of rotatable bonds is 4. The van der Waals surface area contributed by atoms with Crippen LogP contribution in [-0.2, 0) is 16.1 Å². The fraction of sp³-hybridized carbons (Fsp3) is 0.346. The van der Waals surface area contributed by atoms with Gasteiger partial charge in [-0.05, 0) is 48.9 Å². The number of nitrogens with one attached hydrogen (secondary N) is 1. The molecule has 4 heteroatoms. The summed E-state index contributed by atoms with van der Waals surface area (Å²) in [6, 6.07) is 16.0. The van der Waals surface area contributed by atoms with Gasteiger partial charge in [-0.3, -0.25) is 4.79 Å². The maximum absolute atomic E-state index is 10.4. The molecule has 4 nitrogen and oxygen atoms in total. The summed E-state index contributed by atoms with van der Waals surface area (Å²) < 4.78 is 10.5. The van der Waals surface area contributed by atoms with Gasteiger partial charge in [-0.25, -0.2) is 0 Å².